The van der Waals surface area contributed by atoms with Gasteiger partial charge in [0.15, 0.2) is 6.29 Å². The highest BCUT2D eigenvalue weighted by molar-refractivity contribution is 5.75. The van der Waals surface area contributed by atoms with E-state index < -0.39 is 18.4 Å². The highest BCUT2D eigenvalue weighted by Gasteiger charge is 2.27. The Balaban J connectivity index is 4.33. The van der Waals surface area contributed by atoms with Crippen molar-refractivity contribution in [2.24, 2.45) is 23.5 Å². The minimum Gasteiger partial charge on any atom is -0.464 e. The third-order valence-electron chi connectivity index (χ3n) is 3.89. The van der Waals surface area contributed by atoms with Crippen molar-refractivity contribution in [3.05, 3.63) is 0 Å². The second-order valence-electron chi connectivity index (χ2n) is 6.64. The van der Waals surface area contributed by atoms with Gasteiger partial charge in [0, 0.05) is 0 Å². The summed E-state index contributed by atoms with van der Waals surface area (Å²) in [7, 11) is 0. The van der Waals surface area contributed by atoms with Crippen LogP contribution in [-0.4, -0.2) is 36.1 Å². The first-order valence-electron chi connectivity index (χ1n) is 8.22. The summed E-state index contributed by atoms with van der Waals surface area (Å²) in [6.07, 6.45) is 0.731. The van der Waals surface area contributed by atoms with E-state index in [0.717, 1.165) is 12.8 Å². The van der Waals surface area contributed by atoms with E-state index in [-0.39, 0.29) is 17.8 Å². The number of rotatable bonds is 11. The van der Waals surface area contributed by atoms with Gasteiger partial charge in [0.05, 0.1) is 12.6 Å². The second kappa shape index (κ2) is 10.9. The Morgan fingerprint density at radius 1 is 1.18 bits per heavy atom. The molecule has 0 radical (unpaired) electrons. The minimum absolute atomic E-state index is 0.0291. The van der Waals surface area contributed by atoms with E-state index in [4.69, 9.17) is 15.3 Å². The highest BCUT2D eigenvalue weighted by atomic mass is 16.7. The van der Waals surface area contributed by atoms with Crippen LogP contribution in [-0.2, 0) is 14.4 Å². The molecule has 6 nitrogen and oxygen atoms in total. The predicted molar refractivity (Wildman–Crippen MR) is 86.7 cm³/mol. The van der Waals surface area contributed by atoms with Crippen LogP contribution in [0.1, 0.15) is 54.4 Å². The Morgan fingerprint density at radius 2 is 1.77 bits per heavy atom. The van der Waals surface area contributed by atoms with Gasteiger partial charge in [-0.05, 0) is 24.2 Å². The van der Waals surface area contributed by atoms with Crippen molar-refractivity contribution in [2.75, 3.05) is 6.61 Å². The fourth-order valence-electron chi connectivity index (χ4n) is 1.66. The largest absolute Gasteiger partial charge is 0.464 e. The van der Waals surface area contributed by atoms with Crippen molar-refractivity contribution < 1.29 is 19.5 Å². The van der Waals surface area contributed by atoms with Crippen LogP contribution in [0.2, 0.25) is 0 Å². The maximum atomic E-state index is 12.1. The summed E-state index contributed by atoms with van der Waals surface area (Å²) >= 11 is 0. The fraction of sp³-hybridized carbons (Fsp3) is 0.938. The Kier molecular flexibility index (Phi) is 10.6. The van der Waals surface area contributed by atoms with Gasteiger partial charge in [0.1, 0.15) is 6.04 Å². The van der Waals surface area contributed by atoms with Gasteiger partial charge in [-0.1, -0.05) is 48.0 Å². The number of hydrogen-bond acceptors (Lipinski definition) is 6. The zero-order chi connectivity index (χ0) is 17.3. The summed E-state index contributed by atoms with van der Waals surface area (Å²) in [5.41, 5.74) is 8.40. The van der Waals surface area contributed by atoms with Gasteiger partial charge in [-0.25, -0.2) is 0 Å². The highest BCUT2D eigenvalue weighted by Crippen LogP contribution is 2.10. The lowest BCUT2D eigenvalue weighted by atomic mass is 10.0. The van der Waals surface area contributed by atoms with Crippen LogP contribution in [0.5, 0.6) is 0 Å². The lowest BCUT2D eigenvalue weighted by Crippen LogP contribution is -2.49. The van der Waals surface area contributed by atoms with Gasteiger partial charge >= 0.3 is 5.97 Å². The summed E-state index contributed by atoms with van der Waals surface area (Å²) in [5, 5.41) is 9.82. The van der Waals surface area contributed by atoms with Gasteiger partial charge in [-0.15, -0.1) is 0 Å². The maximum absolute atomic E-state index is 12.1. The van der Waals surface area contributed by atoms with E-state index in [2.05, 4.69) is 19.3 Å². The number of ether oxygens (including phenoxy) is 1. The Bertz CT molecular complexity index is 311. The molecular weight excluding hydrogens is 284 g/mol. The van der Waals surface area contributed by atoms with E-state index in [0.29, 0.717) is 12.5 Å². The molecule has 0 aromatic rings. The molecule has 4 N–H and O–H groups in total. The molecule has 22 heavy (non-hydrogen) atoms. The van der Waals surface area contributed by atoms with Crippen LogP contribution < -0.4 is 11.2 Å². The summed E-state index contributed by atoms with van der Waals surface area (Å²) in [5.74, 6) is 0.194. The van der Waals surface area contributed by atoms with Crippen LogP contribution in [0.3, 0.4) is 0 Å². The van der Waals surface area contributed by atoms with Crippen molar-refractivity contribution in [3.8, 4) is 0 Å². The third-order valence-corrected chi connectivity index (χ3v) is 3.89. The number of aliphatic hydroxyl groups excluding tert-OH is 1. The van der Waals surface area contributed by atoms with E-state index in [1.165, 1.54) is 0 Å². The molecule has 0 saturated heterocycles. The van der Waals surface area contributed by atoms with Crippen molar-refractivity contribution >= 4 is 5.97 Å². The zero-order valence-electron chi connectivity index (χ0n) is 14.8. The third kappa shape index (κ3) is 8.08. The summed E-state index contributed by atoms with van der Waals surface area (Å²) in [4.78, 5) is 17.2. The normalized spacial score (nSPS) is 17.4. The quantitative estimate of drug-likeness (QED) is 0.306. The lowest BCUT2D eigenvalue weighted by Gasteiger charge is -2.26. The van der Waals surface area contributed by atoms with Crippen molar-refractivity contribution in [1.82, 2.24) is 5.48 Å². The molecular formula is C16H34N2O4. The molecule has 6 heteroatoms. The second-order valence-corrected chi connectivity index (χ2v) is 6.64. The molecule has 0 heterocycles. The average Bonchev–Trinajstić information content (AvgIpc) is 2.45. The molecule has 4 atom stereocenters. The van der Waals surface area contributed by atoms with Crippen LogP contribution in [0.15, 0.2) is 0 Å². The molecule has 0 spiro atoms. The first-order valence-corrected chi connectivity index (χ1v) is 8.22. The summed E-state index contributed by atoms with van der Waals surface area (Å²) < 4.78 is 5.28. The number of carbonyl (C=O) groups excluding carboxylic acids is 1. The number of nitrogens with two attached hydrogens (primary N) is 1. The van der Waals surface area contributed by atoms with Gasteiger partial charge < -0.3 is 15.6 Å². The standard InChI is InChI=1S/C16H34N2O4/c1-7-12(6)8-9-21-16(20)14(11(4)5)18-22-15(19)13(17)10(2)3/h10-15,18-19H,7-9,17H2,1-6H3/t12?,13-,14-,15?/m0/s1. The molecule has 0 amide bonds. The number of aliphatic hydroxyl groups is 1. The summed E-state index contributed by atoms with van der Waals surface area (Å²) in [6, 6.07) is -1.16. The molecule has 2 unspecified atom stereocenters. The number of hydrogen-bond donors (Lipinski definition) is 3. The maximum Gasteiger partial charge on any atom is 0.325 e. The molecule has 0 fully saturated rings. The molecule has 0 saturated carbocycles. The zero-order valence-corrected chi connectivity index (χ0v) is 14.8. The van der Waals surface area contributed by atoms with Crippen LogP contribution in [0.4, 0.5) is 0 Å². The van der Waals surface area contributed by atoms with E-state index >= 15 is 0 Å². The van der Waals surface area contributed by atoms with E-state index in [1.54, 1.807) is 0 Å². The summed E-state index contributed by atoms with van der Waals surface area (Å²) in [6.45, 7) is 12.2. The van der Waals surface area contributed by atoms with Gasteiger partial charge in [0.25, 0.3) is 0 Å². The fourth-order valence-corrected chi connectivity index (χ4v) is 1.66. The number of esters is 1. The molecule has 0 aliphatic carbocycles. The topological polar surface area (TPSA) is 93.8 Å². The van der Waals surface area contributed by atoms with Crippen molar-refractivity contribution in [3.63, 3.8) is 0 Å². The average molecular weight is 318 g/mol. The van der Waals surface area contributed by atoms with Gasteiger partial charge in [-0.3, -0.25) is 9.63 Å². The SMILES string of the molecule is CCC(C)CCOC(=O)[C@@H](NOC(O)[C@@H](N)C(C)C)C(C)C. The van der Waals surface area contributed by atoms with Gasteiger partial charge in [0.2, 0.25) is 0 Å². The van der Waals surface area contributed by atoms with Crippen molar-refractivity contribution in [1.29, 1.82) is 0 Å². The molecule has 0 aliphatic heterocycles. The number of nitrogens with one attached hydrogen (secondary N) is 1. The smallest absolute Gasteiger partial charge is 0.325 e. The van der Waals surface area contributed by atoms with Crippen LogP contribution in [0, 0.1) is 17.8 Å². The molecule has 0 aliphatic rings. The molecule has 0 bridgehead atoms. The first-order chi connectivity index (χ1) is 10.2. The first kappa shape index (κ1) is 21.3. The number of hydroxylamine groups is 1. The molecule has 0 rings (SSSR count). The van der Waals surface area contributed by atoms with Crippen LogP contribution >= 0.6 is 0 Å². The van der Waals surface area contributed by atoms with E-state index in [9.17, 15) is 9.90 Å². The Hall–Kier alpha value is -0.690. The monoisotopic (exact) mass is 318 g/mol. The molecule has 0 aromatic heterocycles. The predicted octanol–water partition coefficient (Wildman–Crippen LogP) is 1.81. The minimum atomic E-state index is -1.17. The van der Waals surface area contributed by atoms with E-state index in [1.807, 2.05) is 27.7 Å². The Labute approximate surface area is 134 Å². The van der Waals surface area contributed by atoms with Gasteiger partial charge in [-0.2, -0.15) is 5.48 Å². The number of carbonyl (C=O) groups is 1. The van der Waals surface area contributed by atoms with Crippen LogP contribution in [0.25, 0.3) is 0 Å². The molecule has 132 valence electrons. The Morgan fingerprint density at radius 3 is 2.23 bits per heavy atom. The lowest BCUT2D eigenvalue weighted by molar-refractivity contribution is -0.186. The molecule has 0 aromatic carbocycles. The van der Waals surface area contributed by atoms with Crippen molar-refractivity contribution in [2.45, 2.75) is 72.8 Å².